The summed E-state index contributed by atoms with van der Waals surface area (Å²) in [5.41, 5.74) is 4.91. The van der Waals surface area contributed by atoms with E-state index in [4.69, 9.17) is 5.73 Å². The average Bonchev–Trinajstić information content (AvgIpc) is 2.69. The molecule has 1 saturated heterocycles. The van der Waals surface area contributed by atoms with Crippen molar-refractivity contribution in [3.63, 3.8) is 0 Å². The number of primary amides is 1. The predicted molar refractivity (Wildman–Crippen MR) is 62.1 cm³/mol. The summed E-state index contributed by atoms with van der Waals surface area (Å²) in [6, 6.07) is -0.514. The predicted octanol–water partition coefficient (Wildman–Crippen LogP) is -1.30. The van der Waals surface area contributed by atoms with Crippen molar-refractivity contribution in [2.45, 2.75) is 18.9 Å². The first-order valence-electron chi connectivity index (χ1n) is 5.83. The van der Waals surface area contributed by atoms with Gasteiger partial charge in [-0.25, -0.2) is 4.79 Å². The molecule has 1 atom stereocenters. The third kappa shape index (κ3) is 5.89. The number of aliphatic hydroxyl groups is 1. The van der Waals surface area contributed by atoms with Gasteiger partial charge in [-0.1, -0.05) is 0 Å². The molecule has 1 rings (SSSR count). The molecule has 0 bridgehead atoms. The van der Waals surface area contributed by atoms with Gasteiger partial charge in [0.05, 0.1) is 6.10 Å². The Kier molecular flexibility index (Phi) is 6.14. The van der Waals surface area contributed by atoms with Crippen molar-refractivity contribution < 1.29 is 9.90 Å². The summed E-state index contributed by atoms with van der Waals surface area (Å²) in [6.45, 7) is 4.60. The molecule has 2 amide bonds. The third-order valence-corrected chi connectivity index (χ3v) is 2.65. The number of amides is 2. The number of nitrogens with two attached hydrogens (primary N) is 1. The first-order chi connectivity index (χ1) is 7.68. The van der Waals surface area contributed by atoms with Gasteiger partial charge in [-0.2, -0.15) is 0 Å². The van der Waals surface area contributed by atoms with E-state index in [2.05, 4.69) is 15.5 Å². The van der Waals surface area contributed by atoms with E-state index < -0.39 is 6.03 Å². The summed E-state index contributed by atoms with van der Waals surface area (Å²) in [7, 11) is 0. The molecule has 0 aromatic heterocycles. The van der Waals surface area contributed by atoms with E-state index in [-0.39, 0.29) is 6.10 Å². The Labute approximate surface area is 96.2 Å². The van der Waals surface area contributed by atoms with E-state index in [9.17, 15) is 9.90 Å². The summed E-state index contributed by atoms with van der Waals surface area (Å²) >= 11 is 0. The average molecular weight is 230 g/mol. The molecular formula is C10H22N4O2. The van der Waals surface area contributed by atoms with Gasteiger partial charge in [0.1, 0.15) is 0 Å². The van der Waals surface area contributed by atoms with Crippen molar-refractivity contribution in [2.24, 2.45) is 5.73 Å². The molecule has 6 heteroatoms. The maximum absolute atomic E-state index is 10.4. The number of hydrogen-bond donors (Lipinski definition) is 4. The third-order valence-electron chi connectivity index (χ3n) is 2.65. The molecule has 0 radical (unpaired) electrons. The van der Waals surface area contributed by atoms with Gasteiger partial charge in [-0.05, 0) is 25.9 Å². The quantitative estimate of drug-likeness (QED) is 0.409. The number of aliphatic hydroxyl groups excluding tert-OH is 1. The van der Waals surface area contributed by atoms with Gasteiger partial charge >= 0.3 is 6.03 Å². The lowest BCUT2D eigenvalue weighted by molar-refractivity contribution is 0.124. The molecule has 5 N–H and O–H groups in total. The molecule has 0 saturated carbocycles. The van der Waals surface area contributed by atoms with Gasteiger partial charge in [0.25, 0.3) is 0 Å². The zero-order valence-electron chi connectivity index (χ0n) is 9.61. The second-order valence-electron chi connectivity index (χ2n) is 4.16. The van der Waals surface area contributed by atoms with Crippen molar-refractivity contribution in [2.75, 3.05) is 39.3 Å². The molecule has 0 aromatic carbocycles. The van der Waals surface area contributed by atoms with Gasteiger partial charge in [0.2, 0.25) is 0 Å². The number of rotatable bonds is 7. The lowest BCUT2D eigenvalue weighted by atomic mass is 10.3. The summed E-state index contributed by atoms with van der Waals surface area (Å²) < 4.78 is 0. The minimum Gasteiger partial charge on any atom is -0.390 e. The zero-order chi connectivity index (χ0) is 11.8. The van der Waals surface area contributed by atoms with E-state index in [0.717, 1.165) is 19.6 Å². The van der Waals surface area contributed by atoms with Crippen LogP contribution < -0.4 is 16.4 Å². The lowest BCUT2D eigenvalue weighted by Gasteiger charge is -2.19. The van der Waals surface area contributed by atoms with Crippen LogP contribution in [0, 0.1) is 0 Å². The van der Waals surface area contributed by atoms with Gasteiger partial charge in [-0.15, -0.1) is 0 Å². The van der Waals surface area contributed by atoms with Crippen LogP contribution in [0.1, 0.15) is 12.8 Å². The van der Waals surface area contributed by atoms with Crippen LogP contribution in [0.15, 0.2) is 0 Å². The van der Waals surface area contributed by atoms with E-state index in [0.29, 0.717) is 19.6 Å². The molecular weight excluding hydrogens is 208 g/mol. The first-order valence-corrected chi connectivity index (χ1v) is 5.83. The van der Waals surface area contributed by atoms with Gasteiger partial charge in [0.15, 0.2) is 0 Å². The first kappa shape index (κ1) is 13.2. The minimum atomic E-state index is -0.514. The molecule has 0 spiro atoms. The molecule has 1 unspecified atom stereocenters. The maximum Gasteiger partial charge on any atom is 0.312 e. The number of nitrogens with zero attached hydrogens (tertiary/aromatic N) is 1. The van der Waals surface area contributed by atoms with Gasteiger partial charge in [0, 0.05) is 26.2 Å². The number of nitrogens with one attached hydrogen (secondary N) is 2. The van der Waals surface area contributed by atoms with Gasteiger partial charge < -0.3 is 26.4 Å². The van der Waals surface area contributed by atoms with Crippen molar-refractivity contribution in [1.82, 2.24) is 15.5 Å². The van der Waals surface area contributed by atoms with Crippen LogP contribution in [0.25, 0.3) is 0 Å². The number of carbonyl (C=O) groups excluding carboxylic acids is 1. The lowest BCUT2D eigenvalue weighted by Crippen LogP contribution is -2.40. The Hall–Kier alpha value is -0.850. The Balaban J connectivity index is 1.93. The fraction of sp³-hybridized carbons (Fsp3) is 0.900. The fourth-order valence-corrected chi connectivity index (χ4v) is 1.87. The van der Waals surface area contributed by atoms with E-state index >= 15 is 0 Å². The highest BCUT2D eigenvalue weighted by Crippen LogP contribution is 2.07. The Bertz CT molecular complexity index is 207. The second kappa shape index (κ2) is 7.43. The molecule has 16 heavy (non-hydrogen) atoms. The Morgan fingerprint density at radius 3 is 2.69 bits per heavy atom. The van der Waals surface area contributed by atoms with E-state index in [1.807, 2.05) is 0 Å². The van der Waals surface area contributed by atoms with E-state index in [1.165, 1.54) is 12.8 Å². The number of β-amino-alcohol motifs (C(OH)–C–C–N with tert-alkyl or cyclic N) is 1. The molecule has 94 valence electrons. The summed E-state index contributed by atoms with van der Waals surface area (Å²) in [4.78, 5) is 12.6. The van der Waals surface area contributed by atoms with Crippen molar-refractivity contribution in [3.8, 4) is 0 Å². The van der Waals surface area contributed by atoms with Crippen LogP contribution in [0.5, 0.6) is 0 Å². The molecule has 0 aliphatic carbocycles. The van der Waals surface area contributed by atoms with Crippen LogP contribution in [-0.2, 0) is 0 Å². The zero-order valence-corrected chi connectivity index (χ0v) is 9.61. The van der Waals surface area contributed by atoms with Crippen molar-refractivity contribution in [1.29, 1.82) is 0 Å². The van der Waals surface area contributed by atoms with Crippen LogP contribution in [-0.4, -0.2) is 61.4 Å². The van der Waals surface area contributed by atoms with Crippen molar-refractivity contribution >= 4 is 6.03 Å². The highest BCUT2D eigenvalue weighted by Gasteiger charge is 2.14. The summed E-state index contributed by atoms with van der Waals surface area (Å²) in [5, 5.41) is 15.2. The number of likely N-dealkylation sites (tertiary alicyclic amines) is 1. The maximum atomic E-state index is 10.4. The normalized spacial score (nSPS) is 18.6. The molecule has 6 nitrogen and oxygen atoms in total. The molecule has 1 heterocycles. The van der Waals surface area contributed by atoms with Crippen LogP contribution in [0.3, 0.4) is 0 Å². The number of urea groups is 1. The minimum absolute atomic E-state index is 0.341. The number of carbonyl (C=O) groups is 1. The summed E-state index contributed by atoms with van der Waals surface area (Å²) in [5.74, 6) is 0. The van der Waals surface area contributed by atoms with E-state index in [1.54, 1.807) is 0 Å². The van der Waals surface area contributed by atoms with Gasteiger partial charge in [-0.3, -0.25) is 0 Å². The molecule has 1 fully saturated rings. The van der Waals surface area contributed by atoms with Crippen LogP contribution in [0.2, 0.25) is 0 Å². The molecule has 1 aliphatic heterocycles. The summed E-state index contributed by atoms with van der Waals surface area (Å²) in [6.07, 6.45) is 2.14. The van der Waals surface area contributed by atoms with Crippen LogP contribution in [0.4, 0.5) is 4.79 Å². The van der Waals surface area contributed by atoms with Crippen LogP contribution >= 0.6 is 0 Å². The molecule has 1 aliphatic rings. The second-order valence-corrected chi connectivity index (χ2v) is 4.16. The highest BCUT2D eigenvalue weighted by atomic mass is 16.3. The standard InChI is InChI=1S/C10H22N4O2/c11-10(16)13-4-3-12-7-9(15)8-14-5-1-2-6-14/h9,12,15H,1-8H2,(H3,11,13,16). The van der Waals surface area contributed by atoms with Crippen molar-refractivity contribution in [3.05, 3.63) is 0 Å². The Morgan fingerprint density at radius 1 is 1.38 bits per heavy atom. The smallest absolute Gasteiger partial charge is 0.312 e. The SMILES string of the molecule is NC(=O)NCCNCC(O)CN1CCCC1. The monoisotopic (exact) mass is 230 g/mol. The topological polar surface area (TPSA) is 90.6 Å². The Morgan fingerprint density at radius 2 is 2.06 bits per heavy atom. The number of hydrogen-bond acceptors (Lipinski definition) is 4. The fourth-order valence-electron chi connectivity index (χ4n) is 1.87. The largest absolute Gasteiger partial charge is 0.390 e. The molecule has 0 aromatic rings. The highest BCUT2D eigenvalue weighted by molar-refractivity contribution is 5.71.